The lowest BCUT2D eigenvalue weighted by atomic mass is 9.73. The Balaban J connectivity index is 1.39. The van der Waals surface area contributed by atoms with Gasteiger partial charge in [0.05, 0.1) is 18.7 Å². The van der Waals surface area contributed by atoms with E-state index >= 15 is 0 Å². The number of rotatable bonds is 9. The maximum atomic E-state index is 13.2. The van der Waals surface area contributed by atoms with Crippen LogP contribution in [-0.2, 0) is 14.3 Å². The smallest absolute Gasteiger partial charge is 0.332 e. The molecule has 3 aliphatic heterocycles. The van der Waals surface area contributed by atoms with E-state index in [9.17, 15) is 4.79 Å². The second kappa shape index (κ2) is 11.7. The number of hydrogen-bond donors (Lipinski definition) is 0. The van der Waals surface area contributed by atoms with Crippen molar-refractivity contribution in [3.8, 4) is 5.75 Å². The average Bonchev–Trinajstić information content (AvgIpc) is 2.93. The minimum Gasteiger partial charge on any atom is -0.497 e. The van der Waals surface area contributed by atoms with Gasteiger partial charge in [0.1, 0.15) is 18.5 Å². The topological polar surface area (TPSA) is 60.9 Å². The van der Waals surface area contributed by atoms with Gasteiger partial charge in [0.2, 0.25) is 0 Å². The first-order valence-electron chi connectivity index (χ1n) is 14.5. The largest absolute Gasteiger partial charge is 0.497 e. The van der Waals surface area contributed by atoms with E-state index < -0.39 is 0 Å². The van der Waals surface area contributed by atoms with Gasteiger partial charge in [-0.15, -0.1) is 6.58 Å². The van der Waals surface area contributed by atoms with Crippen LogP contribution in [0.2, 0.25) is 0 Å². The van der Waals surface area contributed by atoms with E-state index in [0.29, 0.717) is 29.6 Å². The molecule has 4 aliphatic rings. The van der Waals surface area contributed by atoms with Crippen LogP contribution in [0, 0.1) is 29.6 Å². The van der Waals surface area contributed by atoms with Crippen molar-refractivity contribution in [2.75, 3.05) is 26.8 Å². The first kappa shape index (κ1) is 27.1. The number of ether oxygens (including phenoxy) is 3. The Hall–Kier alpha value is -2.44. The maximum Gasteiger partial charge on any atom is 0.332 e. The monoisotopic (exact) mass is 520 g/mol. The molecule has 206 valence electrons. The molecule has 4 heterocycles. The standard InChI is InChI=1S/C32H44N2O4/c1-6-22-18-34-14-12-23(22)16-29(34)32(26-11-13-33-28-10-8-24(36-5)17-27(26)28)37-19-31(35)38-30-15-21(4)7-9-25(30)20(2)3/h6,8,10-11,13,17,20-23,25,29-30,32H,1,7,9,12,14-16,18-19H2,2-5H3/t21-,22+,23?,25+,29-,30-,32+/m1/s1. The molecule has 0 N–H and O–H groups in total. The normalized spacial score (nSPS) is 31.8. The number of fused-ring (bicyclic) bond motifs is 4. The van der Waals surface area contributed by atoms with Crippen molar-refractivity contribution in [1.29, 1.82) is 0 Å². The lowest BCUT2D eigenvalue weighted by Crippen LogP contribution is -2.55. The molecule has 4 fully saturated rings. The van der Waals surface area contributed by atoms with Crippen LogP contribution in [-0.4, -0.2) is 54.8 Å². The van der Waals surface area contributed by atoms with E-state index in [-0.39, 0.29) is 30.8 Å². The molecule has 6 heteroatoms. The molecule has 38 heavy (non-hydrogen) atoms. The Morgan fingerprint density at radius 3 is 2.76 bits per heavy atom. The van der Waals surface area contributed by atoms with Crippen LogP contribution in [0.25, 0.3) is 10.9 Å². The number of hydrogen-bond acceptors (Lipinski definition) is 6. The average molecular weight is 521 g/mol. The minimum atomic E-state index is -0.264. The predicted octanol–water partition coefficient (Wildman–Crippen LogP) is 6.20. The summed E-state index contributed by atoms with van der Waals surface area (Å²) in [7, 11) is 1.68. The predicted molar refractivity (Wildman–Crippen MR) is 150 cm³/mol. The van der Waals surface area contributed by atoms with Gasteiger partial charge in [0.25, 0.3) is 0 Å². The highest BCUT2D eigenvalue weighted by Gasteiger charge is 2.43. The Bertz CT molecular complexity index is 1130. The molecule has 2 aromatic rings. The van der Waals surface area contributed by atoms with Gasteiger partial charge >= 0.3 is 5.97 Å². The second-order valence-corrected chi connectivity index (χ2v) is 12.1. The lowest BCUT2D eigenvalue weighted by molar-refractivity contribution is -0.166. The molecule has 6 rings (SSSR count). The van der Waals surface area contributed by atoms with Crippen molar-refractivity contribution in [1.82, 2.24) is 9.88 Å². The highest BCUT2D eigenvalue weighted by Crippen LogP contribution is 2.44. The maximum absolute atomic E-state index is 13.2. The SMILES string of the molecule is C=C[C@H]1CN2CCC1C[C@@H]2[C@@H](OCC(=O)O[C@@H]1C[C@H](C)CC[C@H]1C(C)C)c1ccnc2ccc(OC)cc12. The van der Waals surface area contributed by atoms with Gasteiger partial charge in [-0.2, -0.15) is 0 Å². The molecule has 0 spiro atoms. The molecule has 1 aromatic carbocycles. The Kier molecular flexibility index (Phi) is 8.39. The molecule has 6 nitrogen and oxygen atoms in total. The third-order valence-electron chi connectivity index (χ3n) is 9.42. The zero-order valence-corrected chi connectivity index (χ0v) is 23.5. The molecule has 8 atom stereocenters. The van der Waals surface area contributed by atoms with Gasteiger partial charge in [-0.1, -0.05) is 33.3 Å². The quantitative estimate of drug-likeness (QED) is 0.290. The zero-order valence-electron chi connectivity index (χ0n) is 23.5. The molecular formula is C32H44N2O4. The lowest BCUT2D eigenvalue weighted by Gasteiger charge is -2.51. The van der Waals surface area contributed by atoms with Gasteiger partial charge in [0, 0.05) is 24.2 Å². The number of esters is 1. The highest BCUT2D eigenvalue weighted by atomic mass is 16.6. The Labute approximate surface area is 227 Å². The van der Waals surface area contributed by atoms with Crippen LogP contribution in [0.3, 0.4) is 0 Å². The molecule has 0 amide bonds. The van der Waals surface area contributed by atoms with Gasteiger partial charge < -0.3 is 14.2 Å². The number of benzene rings is 1. The van der Waals surface area contributed by atoms with Crippen LogP contribution in [0.5, 0.6) is 5.75 Å². The van der Waals surface area contributed by atoms with Crippen molar-refractivity contribution in [2.45, 2.75) is 71.1 Å². The number of carbonyl (C=O) groups excluding carboxylic acids is 1. The number of pyridine rings is 1. The zero-order chi connectivity index (χ0) is 26.8. The van der Waals surface area contributed by atoms with E-state index in [1.807, 2.05) is 30.5 Å². The summed E-state index contributed by atoms with van der Waals surface area (Å²) in [6, 6.07) is 8.19. The third kappa shape index (κ3) is 5.62. The molecule has 1 saturated carbocycles. The summed E-state index contributed by atoms with van der Waals surface area (Å²) in [5.74, 6) is 3.14. The van der Waals surface area contributed by atoms with Crippen molar-refractivity contribution in [2.24, 2.45) is 29.6 Å². The molecule has 2 bridgehead atoms. The molecular weight excluding hydrogens is 476 g/mol. The minimum absolute atomic E-state index is 0.0258. The van der Waals surface area contributed by atoms with Gasteiger partial charge in [-0.3, -0.25) is 9.88 Å². The Morgan fingerprint density at radius 2 is 2.05 bits per heavy atom. The first-order chi connectivity index (χ1) is 18.4. The van der Waals surface area contributed by atoms with E-state index in [4.69, 9.17) is 14.2 Å². The van der Waals surface area contributed by atoms with Gasteiger partial charge in [0.15, 0.2) is 0 Å². The van der Waals surface area contributed by atoms with Crippen LogP contribution in [0.1, 0.15) is 64.5 Å². The molecule has 1 aliphatic carbocycles. The highest BCUT2D eigenvalue weighted by molar-refractivity contribution is 5.84. The van der Waals surface area contributed by atoms with E-state index in [1.165, 1.54) is 12.8 Å². The van der Waals surface area contributed by atoms with Gasteiger partial charge in [-0.05, 0) is 91.6 Å². The van der Waals surface area contributed by atoms with E-state index in [0.717, 1.165) is 54.6 Å². The fourth-order valence-electron chi connectivity index (χ4n) is 7.23. The third-order valence-corrected chi connectivity index (χ3v) is 9.42. The summed E-state index contributed by atoms with van der Waals surface area (Å²) in [6.07, 6.45) is 9.15. The fourth-order valence-corrected chi connectivity index (χ4v) is 7.23. The van der Waals surface area contributed by atoms with Crippen molar-refractivity contribution >= 4 is 16.9 Å². The van der Waals surface area contributed by atoms with Crippen molar-refractivity contribution in [3.05, 3.63) is 48.7 Å². The summed E-state index contributed by atoms with van der Waals surface area (Å²) >= 11 is 0. The summed E-state index contributed by atoms with van der Waals surface area (Å²) in [5.41, 5.74) is 1.95. The number of aromatic nitrogens is 1. The summed E-state index contributed by atoms with van der Waals surface area (Å²) < 4.78 is 18.2. The fraction of sp³-hybridized carbons (Fsp3) is 0.625. The summed E-state index contributed by atoms with van der Waals surface area (Å²) in [5, 5.41) is 1.01. The molecule has 2 unspecified atom stereocenters. The van der Waals surface area contributed by atoms with E-state index in [1.54, 1.807) is 7.11 Å². The van der Waals surface area contributed by atoms with Crippen molar-refractivity contribution in [3.63, 3.8) is 0 Å². The number of methoxy groups -OCH3 is 1. The number of nitrogens with zero attached hydrogens (tertiary/aromatic N) is 2. The second-order valence-electron chi connectivity index (χ2n) is 12.1. The summed E-state index contributed by atoms with van der Waals surface area (Å²) in [6.45, 7) is 12.8. The van der Waals surface area contributed by atoms with Crippen LogP contribution in [0.4, 0.5) is 0 Å². The van der Waals surface area contributed by atoms with Crippen LogP contribution >= 0.6 is 0 Å². The van der Waals surface area contributed by atoms with Crippen LogP contribution in [0.15, 0.2) is 43.1 Å². The van der Waals surface area contributed by atoms with E-state index in [2.05, 4.69) is 43.3 Å². The molecule has 0 radical (unpaired) electrons. The molecule has 3 saturated heterocycles. The number of piperidine rings is 3. The Morgan fingerprint density at radius 1 is 1.21 bits per heavy atom. The summed E-state index contributed by atoms with van der Waals surface area (Å²) in [4.78, 5) is 20.3. The first-order valence-corrected chi connectivity index (χ1v) is 14.5. The number of carbonyl (C=O) groups is 1. The van der Waals surface area contributed by atoms with Crippen LogP contribution < -0.4 is 4.74 Å². The molecule has 1 aromatic heterocycles. The van der Waals surface area contributed by atoms with Gasteiger partial charge in [-0.25, -0.2) is 4.79 Å². The van der Waals surface area contributed by atoms with Crippen molar-refractivity contribution < 1.29 is 19.0 Å².